The molecule has 0 fully saturated rings. The van der Waals surface area contributed by atoms with Gasteiger partial charge in [0.2, 0.25) is 6.79 Å². The monoisotopic (exact) mass is 284 g/mol. The van der Waals surface area contributed by atoms with Crippen LogP contribution in [-0.2, 0) is 6.54 Å². The molecule has 108 valence electrons. The Morgan fingerprint density at radius 1 is 1.19 bits per heavy atom. The fourth-order valence-electron chi connectivity index (χ4n) is 2.41. The van der Waals surface area contributed by atoms with E-state index in [-0.39, 0.29) is 6.79 Å². The van der Waals surface area contributed by atoms with Crippen LogP contribution in [0.3, 0.4) is 0 Å². The van der Waals surface area contributed by atoms with Crippen LogP contribution in [0.1, 0.15) is 15.9 Å². The third-order valence-electron chi connectivity index (χ3n) is 3.44. The van der Waals surface area contributed by atoms with Crippen molar-refractivity contribution in [3.05, 3.63) is 53.6 Å². The van der Waals surface area contributed by atoms with Crippen molar-refractivity contribution in [2.75, 3.05) is 18.7 Å². The smallest absolute Gasteiger partial charge is 0.250 e. The second-order valence-electron chi connectivity index (χ2n) is 4.93. The molecule has 1 aliphatic heterocycles. The molecule has 0 atom stereocenters. The van der Waals surface area contributed by atoms with Gasteiger partial charge in [0.05, 0.1) is 5.56 Å². The van der Waals surface area contributed by atoms with Crippen molar-refractivity contribution < 1.29 is 14.3 Å². The summed E-state index contributed by atoms with van der Waals surface area (Å²) in [5.41, 5.74) is 7.81. The van der Waals surface area contributed by atoms with Crippen LogP contribution in [0.4, 0.5) is 5.69 Å². The van der Waals surface area contributed by atoms with E-state index >= 15 is 0 Å². The molecule has 0 radical (unpaired) electrons. The summed E-state index contributed by atoms with van der Waals surface area (Å²) in [6.45, 7) is 0.903. The van der Waals surface area contributed by atoms with Gasteiger partial charge in [-0.2, -0.15) is 0 Å². The van der Waals surface area contributed by atoms with Crippen LogP contribution in [0.25, 0.3) is 0 Å². The Morgan fingerprint density at radius 3 is 2.76 bits per heavy atom. The number of primary amides is 1. The summed E-state index contributed by atoms with van der Waals surface area (Å²) in [7, 11) is 1.92. The number of nitrogens with two attached hydrogens (primary N) is 1. The quantitative estimate of drug-likeness (QED) is 0.934. The molecule has 2 N–H and O–H groups in total. The maximum Gasteiger partial charge on any atom is 0.250 e. The summed E-state index contributed by atoms with van der Waals surface area (Å²) >= 11 is 0. The Labute approximate surface area is 122 Å². The van der Waals surface area contributed by atoms with Crippen molar-refractivity contribution >= 4 is 11.6 Å². The van der Waals surface area contributed by atoms with Crippen LogP contribution in [-0.4, -0.2) is 19.7 Å². The van der Waals surface area contributed by atoms with Crippen molar-refractivity contribution in [1.82, 2.24) is 0 Å². The first-order chi connectivity index (χ1) is 10.1. The van der Waals surface area contributed by atoms with E-state index in [0.717, 1.165) is 22.7 Å². The molecule has 0 unspecified atom stereocenters. The van der Waals surface area contributed by atoms with Gasteiger partial charge < -0.3 is 20.1 Å². The number of nitrogens with zero attached hydrogens (tertiary/aromatic N) is 1. The number of carbonyl (C=O) groups is 1. The van der Waals surface area contributed by atoms with E-state index in [9.17, 15) is 4.79 Å². The first kappa shape index (κ1) is 13.3. The third-order valence-corrected chi connectivity index (χ3v) is 3.44. The zero-order valence-electron chi connectivity index (χ0n) is 11.7. The van der Waals surface area contributed by atoms with Gasteiger partial charge in [0.15, 0.2) is 11.5 Å². The van der Waals surface area contributed by atoms with Crippen LogP contribution < -0.4 is 20.1 Å². The van der Waals surface area contributed by atoms with E-state index in [4.69, 9.17) is 15.2 Å². The molecule has 2 aromatic rings. The molecule has 5 heteroatoms. The van der Waals surface area contributed by atoms with Gasteiger partial charge in [0, 0.05) is 19.3 Å². The second kappa shape index (κ2) is 5.36. The number of fused-ring (bicyclic) bond motifs is 1. The lowest BCUT2D eigenvalue weighted by Gasteiger charge is -2.21. The van der Waals surface area contributed by atoms with Crippen LogP contribution in [0, 0.1) is 0 Å². The first-order valence-corrected chi connectivity index (χ1v) is 6.63. The minimum absolute atomic E-state index is 0.263. The van der Waals surface area contributed by atoms with Gasteiger partial charge in [0.25, 0.3) is 5.91 Å². The molecule has 2 aromatic carbocycles. The Balaban J connectivity index is 1.83. The number of rotatable bonds is 4. The SMILES string of the molecule is CN(Cc1ccc2c(c1)OCO2)c1ccccc1C(N)=O. The lowest BCUT2D eigenvalue weighted by Crippen LogP contribution is -2.21. The Morgan fingerprint density at radius 2 is 1.95 bits per heavy atom. The zero-order chi connectivity index (χ0) is 14.8. The lowest BCUT2D eigenvalue weighted by molar-refractivity contribution is 0.100. The highest BCUT2D eigenvalue weighted by atomic mass is 16.7. The summed E-state index contributed by atoms with van der Waals surface area (Å²) in [5.74, 6) is 1.09. The topological polar surface area (TPSA) is 64.8 Å². The maximum atomic E-state index is 11.5. The number of carbonyl (C=O) groups excluding carboxylic acids is 1. The van der Waals surface area contributed by atoms with Gasteiger partial charge in [-0.15, -0.1) is 0 Å². The van der Waals surface area contributed by atoms with Gasteiger partial charge in [0.1, 0.15) is 0 Å². The lowest BCUT2D eigenvalue weighted by atomic mass is 10.1. The zero-order valence-corrected chi connectivity index (χ0v) is 11.7. The molecule has 0 aromatic heterocycles. The fourth-order valence-corrected chi connectivity index (χ4v) is 2.41. The van der Waals surface area contributed by atoms with E-state index in [1.54, 1.807) is 12.1 Å². The molecule has 1 aliphatic rings. The highest BCUT2D eigenvalue weighted by molar-refractivity contribution is 5.98. The standard InChI is InChI=1S/C16H16N2O3/c1-18(13-5-3-2-4-12(13)16(17)19)9-11-6-7-14-15(8-11)21-10-20-14/h2-8H,9-10H2,1H3,(H2,17,19). The molecule has 3 rings (SSSR count). The van der Waals surface area contributed by atoms with Gasteiger partial charge in [-0.3, -0.25) is 4.79 Å². The maximum absolute atomic E-state index is 11.5. The van der Waals surface area contributed by atoms with E-state index in [1.165, 1.54) is 0 Å². The molecule has 5 nitrogen and oxygen atoms in total. The molecule has 0 aliphatic carbocycles. The predicted molar refractivity (Wildman–Crippen MR) is 79.6 cm³/mol. The largest absolute Gasteiger partial charge is 0.454 e. The molecule has 0 saturated heterocycles. The summed E-state index contributed by atoms with van der Waals surface area (Å²) < 4.78 is 10.7. The molecular weight excluding hydrogens is 268 g/mol. The number of ether oxygens (including phenoxy) is 2. The molecule has 1 amide bonds. The number of hydrogen-bond acceptors (Lipinski definition) is 4. The van der Waals surface area contributed by atoms with Crippen molar-refractivity contribution in [3.8, 4) is 11.5 Å². The van der Waals surface area contributed by atoms with Gasteiger partial charge in [-0.1, -0.05) is 18.2 Å². The van der Waals surface area contributed by atoms with E-state index < -0.39 is 5.91 Å². The van der Waals surface area contributed by atoms with Crippen molar-refractivity contribution in [2.45, 2.75) is 6.54 Å². The Hall–Kier alpha value is -2.69. The van der Waals surface area contributed by atoms with Crippen molar-refractivity contribution in [3.63, 3.8) is 0 Å². The number of anilines is 1. The number of para-hydroxylation sites is 1. The fraction of sp³-hybridized carbons (Fsp3) is 0.188. The minimum atomic E-state index is -0.428. The summed E-state index contributed by atoms with van der Waals surface area (Å²) in [6.07, 6.45) is 0. The molecular formula is C16H16N2O3. The Bertz CT molecular complexity index is 685. The summed E-state index contributed by atoms with van der Waals surface area (Å²) in [6, 6.07) is 13.1. The van der Waals surface area contributed by atoms with Gasteiger partial charge >= 0.3 is 0 Å². The van der Waals surface area contributed by atoms with E-state index in [1.807, 2.05) is 42.3 Å². The second-order valence-corrected chi connectivity index (χ2v) is 4.93. The minimum Gasteiger partial charge on any atom is -0.454 e. The number of benzene rings is 2. The Kier molecular flexibility index (Phi) is 3.39. The first-order valence-electron chi connectivity index (χ1n) is 6.63. The molecule has 21 heavy (non-hydrogen) atoms. The summed E-state index contributed by atoms with van der Waals surface area (Å²) in [5, 5.41) is 0. The molecule has 1 heterocycles. The van der Waals surface area contributed by atoms with Gasteiger partial charge in [-0.25, -0.2) is 0 Å². The summed E-state index contributed by atoms with van der Waals surface area (Å²) in [4.78, 5) is 13.5. The van der Waals surface area contributed by atoms with E-state index in [0.29, 0.717) is 12.1 Å². The van der Waals surface area contributed by atoms with Gasteiger partial charge in [-0.05, 0) is 29.8 Å². The van der Waals surface area contributed by atoms with Crippen LogP contribution in [0.2, 0.25) is 0 Å². The normalized spacial score (nSPS) is 12.2. The predicted octanol–water partition coefficient (Wildman–Crippen LogP) is 2.15. The molecule has 0 bridgehead atoms. The highest BCUT2D eigenvalue weighted by Gasteiger charge is 2.15. The third kappa shape index (κ3) is 2.63. The van der Waals surface area contributed by atoms with Crippen LogP contribution in [0.5, 0.6) is 11.5 Å². The molecule has 0 saturated carbocycles. The van der Waals surface area contributed by atoms with Crippen molar-refractivity contribution in [2.24, 2.45) is 5.73 Å². The van der Waals surface area contributed by atoms with Crippen LogP contribution in [0.15, 0.2) is 42.5 Å². The average Bonchev–Trinajstić information content (AvgIpc) is 2.94. The van der Waals surface area contributed by atoms with E-state index in [2.05, 4.69) is 0 Å². The van der Waals surface area contributed by atoms with Crippen molar-refractivity contribution in [1.29, 1.82) is 0 Å². The molecule has 0 spiro atoms. The number of amides is 1. The average molecular weight is 284 g/mol. The van der Waals surface area contributed by atoms with Crippen LogP contribution >= 0.6 is 0 Å². The number of hydrogen-bond donors (Lipinski definition) is 1. The highest BCUT2D eigenvalue weighted by Crippen LogP contribution is 2.33.